The zero-order valence-electron chi connectivity index (χ0n) is 19.3. The third-order valence-corrected chi connectivity index (χ3v) is 4.67. The van der Waals surface area contributed by atoms with E-state index in [9.17, 15) is 9.18 Å². The fraction of sp³-hybridized carbons (Fsp3) is 0.458. The Morgan fingerprint density at radius 3 is 2.75 bits per heavy atom. The lowest BCUT2D eigenvalue weighted by Crippen LogP contribution is -2.46. The zero-order valence-corrected chi connectivity index (χ0v) is 19.3. The number of rotatable bonds is 11. The summed E-state index contributed by atoms with van der Waals surface area (Å²) in [6.45, 7) is 7.42. The van der Waals surface area contributed by atoms with Crippen LogP contribution in [-0.2, 0) is 4.79 Å². The molecule has 1 heterocycles. The number of carbonyl (C=O) groups is 1. The first kappa shape index (κ1) is 25.1. The van der Waals surface area contributed by atoms with Gasteiger partial charge in [-0.25, -0.2) is 9.37 Å². The van der Waals surface area contributed by atoms with Crippen LogP contribution in [0.2, 0.25) is 0 Å². The van der Waals surface area contributed by atoms with Crippen molar-refractivity contribution in [2.75, 3.05) is 30.8 Å². The predicted molar refractivity (Wildman–Crippen MR) is 127 cm³/mol. The highest BCUT2D eigenvalue weighted by molar-refractivity contribution is 5.81. The zero-order chi connectivity index (χ0) is 23.3. The number of anilines is 3. The summed E-state index contributed by atoms with van der Waals surface area (Å²) in [4.78, 5) is 20.9. The van der Waals surface area contributed by atoms with Crippen molar-refractivity contribution in [1.29, 1.82) is 0 Å². The Balaban J connectivity index is 1.95. The highest BCUT2D eigenvalue weighted by Gasteiger charge is 2.18. The summed E-state index contributed by atoms with van der Waals surface area (Å²) in [5.74, 6) is 7.15. The van der Waals surface area contributed by atoms with Crippen LogP contribution in [0, 0.1) is 23.6 Å². The molecule has 172 valence electrons. The number of halogens is 1. The van der Waals surface area contributed by atoms with Crippen molar-refractivity contribution < 1.29 is 9.18 Å². The number of nitrogens with zero attached hydrogens (tertiary/aromatic N) is 2. The molecule has 2 rings (SSSR count). The quantitative estimate of drug-likeness (QED) is 0.315. The van der Waals surface area contributed by atoms with E-state index < -0.39 is 0 Å². The number of nitrogens with one attached hydrogen (secondary N) is 4. The van der Waals surface area contributed by atoms with Gasteiger partial charge in [0.2, 0.25) is 11.9 Å². The molecule has 1 aromatic heterocycles. The van der Waals surface area contributed by atoms with Crippen LogP contribution in [0.3, 0.4) is 0 Å². The predicted octanol–water partition coefficient (Wildman–Crippen LogP) is 3.67. The van der Waals surface area contributed by atoms with Crippen LogP contribution in [0.4, 0.5) is 21.8 Å². The van der Waals surface area contributed by atoms with Crippen molar-refractivity contribution in [3.8, 4) is 11.8 Å². The van der Waals surface area contributed by atoms with Gasteiger partial charge >= 0.3 is 0 Å². The molecule has 4 N–H and O–H groups in total. The molecule has 0 radical (unpaired) electrons. The van der Waals surface area contributed by atoms with E-state index in [0.29, 0.717) is 36.0 Å². The monoisotopic (exact) mass is 440 g/mol. The minimum atomic E-state index is -0.330. The fourth-order valence-electron chi connectivity index (χ4n) is 3.03. The van der Waals surface area contributed by atoms with Gasteiger partial charge in [0, 0.05) is 25.2 Å². The third-order valence-electron chi connectivity index (χ3n) is 4.67. The number of hydrogen-bond acceptors (Lipinski definition) is 6. The molecule has 1 atom stereocenters. The maximum atomic E-state index is 13.4. The molecule has 0 fully saturated rings. The maximum Gasteiger partial charge on any atom is 0.237 e. The topological polar surface area (TPSA) is 91.0 Å². The van der Waals surface area contributed by atoms with Crippen LogP contribution in [0.15, 0.2) is 30.5 Å². The van der Waals surface area contributed by atoms with Crippen LogP contribution in [0.1, 0.15) is 45.6 Å². The molecule has 0 bridgehead atoms. The van der Waals surface area contributed by atoms with Crippen molar-refractivity contribution in [2.45, 2.75) is 46.1 Å². The van der Waals surface area contributed by atoms with E-state index in [4.69, 9.17) is 0 Å². The van der Waals surface area contributed by atoms with Gasteiger partial charge in [-0.3, -0.25) is 4.79 Å². The van der Waals surface area contributed by atoms with Gasteiger partial charge in [-0.2, -0.15) is 4.98 Å². The average molecular weight is 441 g/mol. The molecule has 0 aliphatic carbocycles. The lowest BCUT2D eigenvalue weighted by molar-refractivity contribution is -0.124. The van der Waals surface area contributed by atoms with E-state index in [-0.39, 0.29) is 23.7 Å². The molecule has 0 aliphatic rings. The molecule has 7 nitrogen and oxygen atoms in total. The number of hydrogen-bond donors (Lipinski definition) is 4. The van der Waals surface area contributed by atoms with Crippen molar-refractivity contribution in [2.24, 2.45) is 5.92 Å². The first-order chi connectivity index (χ1) is 15.4. The molecule has 0 spiro atoms. The van der Waals surface area contributed by atoms with Crippen molar-refractivity contribution >= 4 is 23.4 Å². The minimum Gasteiger partial charge on any atom is -0.369 e. The second-order valence-electron chi connectivity index (χ2n) is 7.72. The Bertz CT molecular complexity index is 938. The van der Waals surface area contributed by atoms with Crippen molar-refractivity contribution in [1.82, 2.24) is 20.6 Å². The summed E-state index contributed by atoms with van der Waals surface area (Å²) in [5.41, 5.74) is 1.27. The standard InChI is InChI=1S/C24H33FN6O/c1-5-13-27-22-18(10-7-6-8-14-28-23(32)21(26-4)17(2)3)16-29-24(31-22)30-20-12-9-11-19(25)15-20/h9,11-12,15-17,21,26H,5-6,8,13-14H2,1-4H3,(H,28,32)(H2,27,29,30,31)/t21-/m0/s1. The van der Waals surface area contributed by atoms with Crippen LogP contribution in [0.25, 0.3) is 0 Å². The van der Waals surface area contributed by atoms with E-state index in [1.807, 2.05) is 13.8 Å². The van der Waals surface area contributed by atoms with Gasteiger partial charge < -0.3 is 21.3 Å². The summed E-state index contributed by atoms with van der Waals surface area (Å²) >= 11 is 0. The number of amides is 1. The summed E-state index contributed by atoms with van der Waals surface area (Å²) in [6.07, 6.45) is 3.99. The van der Waals surface area contributed by atoms with Gasteiger partial charge in [0.25, 0.3) is 0 Å². The van der Waals surface area contributed by atoms with Gasteiger partial charge in [0.15, 0.2) is 0 Å². The lowest BCUT2D eigenvalue weighted by Gasteiger charge is -2.19. The normalized spacial score (nSPS) is 11.4. The first-order valence-electron chi connectivity index (χ1n) is 11.0. The molecule has 2 aromatic rings. The van der Waals surface area contributed by atoms with E-state index in [0.717, 1.165) is 19.4 Å². The van der Waals surface area contributed by atoms with E-state index in [2.05, 4.69) is 50.0 Å². The lowest BCUT2D eigenvalue weighted by atomic mass is 10.0. The molecule has 0 aliphatic heterocycles. The molecule has 0 saturated heterocycles. The van der Waals surface area contributed by atoms with Crippen LogP contribution < -0.4 is 21.3 Å². The van der Waals surface area contributed by atoms with Gasteiger partial charge in [-0.1, -0.05) is 38.7 Å². The smallest absolute Gasteiger partial charge is 0.237 e. The summed E-state index contributed by atoms with van der Waals surface area (Å²) < 4.78 is 13.4. The Labute approximate surface area is 190 Å². The minimum absolute atomic E-state index is 0.0105. The Morgan fingerprint density at radius 2 is 2.06 bits per heavy atom. The molecular formula is C24H33FN6O. The van der Waals surface area contributed by atoms with E-state index in [1.54, 1.807) is 25.4 Å². The SMILES string of the molecule is CCCNc1nc(Nc2cccc(F)c2)ncc1C#CCCCNC(=O)[C@@H](NC)C(C)C. The molecule has 0 saturated carbocycles. The number of aromatic nitrogens is 2. The Hall–Kier alpha value is -3.18. The Morgan fingerprint density at radius 1 is 1.25 bits per heavy atom. The van der Waals surface area contributed by atoms with Gasteiger partial charge in [-0.15, -0.1) is 0 Å². The van der Waals surface area contributed by atoms with Gasteiger partial charge in [0.1, 0.15) is 11.6 Å². The van der Waals surface area contributed by atoms with Gasteiger partial charge in [0.05, 0.1) is 17.8 Å². The molecular weight excluding hydrogens is 407 g/mol. The number of benzene rings is 1. The maximum absolute atomic E-state index is 13.4. The second kappa shape index (κ2) is 13.3. The first-order valence-corrected chi connectivity index (χ1v) is 11.0. The van der Waals surface area contributed by atoms with Crippen LogP contribution >= 0.6 is 0 Å². The molecule has 1 aromatic carbocycles. The second-order valence-corrected chi connectivity index (χ2v) is 7.72. The molecule has 32 heavy (non-hydrogen) atoms. The summed E-state index contributed by atoms with van der Waals surface area (Å²) in [6, 6.07) is 5.95. The molecule has 0 unspecified atom stereocenters. The van der Waals surface area contributed by atoms with Gasteiger partial charge in [-0.05, 0) is 44.0 Å². The highest BCUT2D eigenvalue weighted by Crippen LogP contribution is 2.18. The fourth-order valence-corrected chi connectivity index (χ4v) is 3.03. The summed E-state index contributed by atoms with van der Waals surface area (Å²) in [5, 5.41) is 12.3. The van der Waals surface area contributed by atoms with Crippen molar-refractivity contribution in [3.05, 3.63) is 41.8 Å². The van der Waals surface area contributed by atoms with E-state index in [1.165, 1.54) is 12.1 Å². The molecule has 1 amide bonds. The molecule has 8 heteroatoms. The Kier molecular flexibility index (Phi) is 10.4. The van der Waals surface area contributed by atoms with Crippen LogP contribution in [-0.4, -0.2) is 42.1 Å². The number of unbranched alkanes of at least 4 members (excludes halogenated alkanes) is 1. The van der Waals surface area contributed by atoms with E-state index >= 15 is 0 Å². The number of carbonyl (C=O) groups excluding carboxylic acids is 1. The third kappa shape index (κ3) is 8.16. The average Bonchev–Trinajstić information content (AvgIpc) is 2.76. The largest absolute Gasteiger partial charge is 0.369 e. The van der Waals surface area contributed by atoms with Crippen molar-refractivity contribution in [3.63, 3.8) is 0 Å². The summed E-state index contributed by atoms with van der Waals surface area (Å²) in [7, 11) is 1.79. The number of likely N-dealkylation sites (N-methyl/N-ethyl adjacent to an activating group) is 1. The highest BCUT2D eigenvalue weighted by atomic mass is 19.1. The van der Waals surface area contributed by atoms with Crippen LogP contribution in [0.5, 0.6) is 0 Å².